The van der Waals surface area contributed by atoms with Gasteiger partial charge < -0.3 is 28.7 Å². The Morgan fingerprint density at radius 1 is 1.24 bits per heavy atom. The molecule has 0 aromatic heterocycles. The fourth-order valence-corrected chi connectivity index (χ4v) is 6.60. The highest BCUT2D eigenvalue weighted by atomic mass is 32.2. The Hall–Kier alpha value is -1.00. The summed E-state index contributed by atoms with van der Waals surface area (Å²) in [6.07, 6.45) is 2.65. The van der Waals surface area contributed by atoms with Gasteiger partial charge in [-0.05, 0) is 41.0 Å². The molecule has 2 unspecified atom stereocenters. The van der Waals surface area contributed by atoms with Crippen LogP contribution < -0.4 is 5.32 Å². The van der Waals surface area contributed by atoms with Gasteiger partial charge in [0, 0.05) is 41.9 Å². The molecule has 37 heavy (non-hydrogen) atoms. The number of hydrogen-bond donors (Lipinski definition) is 1. The maximum absolute atomic E-state index is 12.0. The lowest BCUT2D eigenvalue weighted by atomic mass is 10.1. The quantitative estimate of drug-likeness (QED) is 0.220. The van der Waals surface area contributed by atoms with Gasteiger partial charge in [0.25, 0.3) is 14.4 Å². The average molecular weight is 560 g/mol. The van der Waals surface area contributed by atoms with Crippen molar-refractivity contribution in [2.75, 3.05) is 25.6 Å². The Morgan fingerprint density at radius 2 is 1.92 bits per heavy atom. The SMILES string of the molecule is C=C1NC(=O)C(C)=CN1[C@H]1CC(OP(OCCOCCSC(=O)C(C)C)N(C(C)C)C(C)C)[C@@H](CC)O1. The number of thioether (sulfide) groups is 1. The largest absolute Gasteiger partial charge is 0.378 e. The number of nitrogens with one attached hydrogen (secondary N) is 1. The first-order valence-electron chi connectivity index (χ1n) is 13.2. The van der Waals surface area contributed by atoms with Crippen LogP contribution in [0.3, 0.4) is 0 Å². The third-order valence-corrected chi connectivity index (χ3v) is 9.28. The minimum absolute atomic E-state index is 0.0324. The third kappa shape index (κ3) is 9.60. The summed E-state index contributed by atoms with van der Waals surface area (Å²) in [6.45, 7) is 21.5. The molecule has 2 aliphatic rings. The van der Waals surface area contributed by atoms with Crippen molar-refractivity contribution < 1.29 is 28.1 Å². The molecule has 4 atom stereocenters. The molecule has 1 amide bonds. The van der Waals surface area contributed by atoms with Gasteiger partial charge in [-0.3, -0.25) is 9.59 Å². The Kier molecular flexibility index (Phi) is 13.5. The third-order valence-electron chi connectivity index (χ3n) is 6.00. The van der Waals surface area contributed by atoms with Crippen LogP contribution in [-0.4, -0.2) is 76.7 Å². The Balaban J connectivity index is 2.00. The highest BCUT2D eigenvalue weighted by Crippen LogP contribution is 2.49. The molecule has 0 spiro atoms. The first-order valence-corrected chi connectivity index (χ1v) is 15.3. The summed E-state index contributed by atoms with van der Waals surface area (Å²) in [4.78, 5) is 25.6. The van der Waals surface area contributed by atoms with Crippen molar-refractivity contribution in [2.24, 2.45) is 5.92 Å². The summed E-state index contributed by atoms with van der Waals surface area (Å²) < 4.78 is 27.3. The van der Waals surface area contributed by atoms with E-state index in [2.05, 4.69) is 51.2 Å². The van der Waals surface area contributed by atoms with E-state index < -0.39 is 8.53 Å². The fourth-order valence-electron chi connectivity index (χ4n) is 4.13. The molecule has 11 heteroatoms. The molecule has 2 heterocycles. The minimum atomic E-state index is -1.37. The summed E-state index contributed by atoms with van der Waals surface area (Å²) in [7, 11) is -1.37. The monoisotopic (exact) mass is 559 g/mol. The number of hydrogen-bond acceptors (Lipinski definition) is 9. The van der Waals surface area contributed by atoms with Gasteiger partial charge in [0.05, 0.1) is 32.0 Å². The molecule has 0 aromatic carbocycles. The Bertz CT molecular complexity index is 801. The second-order valence-electron chi connectivity index (χ2n) is 10.1. The summed E-state index contributed by atoms with van der Waals surface area (Å²) in [5.41, 5.74) is 0.608. The molecule has 0 aliphatic carbocycles. The maximum atomic E-state index is 12.0. The molecule has 212 valence electrons. The topological polar surface area (TPSA) is 89.6 Å². The van der Waals surface area contributed by atoms with Gasteiger partial charge in [0.1, 0.15) is 12.0 Å². The predicted molar refractivity (Wildman–Crippen MR) is 149 cm³/mol. The number of nitrogens with zero attached hydrogens (tertiary/aromatic N) is 2. The smallest absolute Gasteiger partial charge is 0.259 e. The number of carbonyl (C=O) groups is 2. The zero-order valence-electron chi connectivity index (χ0n) is 23.7. The van der Waals surface area contributed by atoms with Gasteiger partial charge in [-0.25, -0.2) is 4.67 Å². The second-order valence-corrected chi connectivity index (χ2v) is 12.6. The van der Waals surface area contributed by atoms with Crippen molar-refractivity contribution in [3.8, 4) is 0 Å². The van der Waals surface area contributed by atoms with E-state index in [-0.39, 0.29) is 47.5 Å². The van der Waals surface area contributed by atoms with Crippen molar-refractivity contribution in [3.63, 3.8) is 0 Å². The van der Waals surface area contributed by atoms with Crippen LogP contribution in [0.25, 0.3) is 0 Å². The lowest BCUT2D eigenvalue weighted by Gasteiger charge is -2.37. The van der Waals surface area contributed by atoms with Gasteiger partial charge in [0.15, 0.2) is 5.12 Å². The zero-order chi connectivity index (χ0) is 27.7. The molecule has 2 aliphatic heterocycles. The summed E-state index contributed by atoms with van der Waals surface area (Å²) in [6, 6.07) is 0.456. The van der Waals surface area contributed by atoms with Gasteiger partial charge in [0.2, 0.25) is 0 Å². The van der Waals surface area contributed by atoms with Crippen LogP contribution in [0.4, 0.5) is 0 Å². The van der Waals surface area contributed by atoms with Gasteiger partial charge in [-0.1, -0.05) is 39.1 Å². The standard InChI is InChI=1S/C26H46N3O6PS/c1-10-22-23(15-24(34-22)28-16-20(8)25(30)27-21(28)9)35-36(29(18(4)5)19(6)7)33-12-11-32-13-14-37-26(31)17(2)3/h16-19,22-24H,9-15H2,1-8H3,(H,27,30)/t22-,23?,24-,36?/m1/s1. The van der Waals surface area contributed by atoms with Crippen molar-refractivity contribution in [2.45, 2.75) is 98.8 Å². The lowest BCUT2D eigenvalue weighted by molar-refractivity contribution is -0.118. The fraction of sp³-hybridized carbons (Fsp3) is 0.769. The molecule has 0 radical (unpaired) electrons. The number of rotatable bonds is 15. The van der Waals surface area contributed by atoms with Gasteiger partial charge in [-0.15, -0.1) is 0 Å². The highest BCUT2D eigenvalue weighted by Gasteiger charge is 2.42. The molecule has 2 rings (SSSR count). The van der Waals surface area contributed by atoms with E-state index in [9.17, 15) is 9.59 Å². The molecule has 9 nitrogen and oxygen atoms in total. The molecule has 1 N–H and O–H groups in total. The van der Waals surface area contributed by atoms with E-state index in [1.807, 2.05) is 18.7 Å². The van der Waals surface area contributed by atoms with Crippen LogP contribution in [0.15, 0.2) is 24.2 Å². The van der Waals surface area contributed by atoms with Crippen molar-refractivity contribution in [1.29, 1.82) is 0 Å². The van der Waals surface area contributed by atoms with E-state index in [0.29, 0.717) is 43.4 Å². The average Bonchev–Trinajstić information content (AvgIpc) is 3.22. The van der Waals surface area contributed by atoms with E-state index in [1.54, 1.807) is 13.1 Å². The van der Waals surface area contributed by atoms with E-state index in [4.69, 9.17) is 18.5 Å². The summed E-state index contributed by atoms with van der Waals surface area (Å²) in [5, 5.41) is 2.98. The summed E-state index contributed by atoms with van der Waals surface area (Å²) >= 11 is 1.31. The highest BCUT2D eigenvalue weighted by molar-refractivity contribution is 8.13. The molecule has 1 saturated heterocycles. The first kappa shape index (κ1) is 32.2. The van der Waals surface area contributed by atoms with Crippen molar-refractivity contribution >= 4 is 31.3 Å². The first-order chi connectivity index (χ1) is 17.5. The van der Waals surface area contributed by atoms with E-state index in [0.717, 1.165) is 6.42 Å². The van der Waals surface area contributed by atoms with E-state index >= 15 is 0 Å². The lowest BCUT2D eigenvalue weighted by Crippen LogP contribution is -2.42. The van der Waals surface area contributed by atoms with Crippen molar-refractivity contribution in [1.82, 2.24) is 14.9 Å². The zero-order valence-corrected chi connectivity index (χ0v) is 25.4. The van der Waals surface area contributed by atoms with Crippen LogP contribution in [0, 0.1) is 5.92 Å². The number of amides is 1. The molecule has 0 saturated carbocycles. The number of carbonyl (C=O) groups excluding carboxylic acids is 2. The van der Waals surface area contributed by atoms with Crippen LogP contribution in [-0.2, 0) is 28.1 Å². The van der Waals surface area contributed by atoms with Crippen LogP contribution >= 0.6 is 20.3 Å². The normalized spacial score (nSPS) is 23.4. The maximum Gasteiger partial charge on any atom is 0.259 e. The molecular weight excluding hydrogens is 513 g/mol. The second kappa shape index (κ2) is 15.6. The van der Waals surface area contributed by atoms with Crippen LogP contribution in [0.1, 0.15) is 68.2 Å². The summed E-state index contributed by atoms with van der Waals surface area (Å²) in [5.74, 6) is 1.03. The van der Waals surface area contributed by atoms with Gasteiger partial charge in [-0.2, -0.15) is 0 Å². The van der Waals surface area contributed by atoms with Crippen molar-refractivity contribution in [3.05, 3.63) is 24.2 Å². The van der Waals surface area contributed by atoms with E-state index in [1.165, 1.54) is 11.8 Å². The predicted octanol–water partition coefficient (Wildman–Crippen LogP) is 5.00. The molecule has 0 bridgehead atoms. The molecular formula is C26H46N3O6PS. The minimum Gasteiger partial charge on any atom is -0.378 e. The van der Waals surface area contributed by atoms with Crippen LogP contribution in [0.2, 0.25) is 0 Å². The Labute approximate surface area is 228 Å². The van der Waals surface area contributed by atoms with Crippen LogP contribution in [0.5, 0.6) is 0 Å². The van der Waals surface area contributed by atoms with Gasteiger partial charge >= 0.3 is 0 Å². The number of ether oxygens (including phenoxy) is 2. The molecule has 1 fully saturated rings. The molecule has 0 aromatic rings. The Morgan fingerprint density at radius 3 is 2.51 bits per heavy atom.